The molecule has 0 aliphatic heterocycles. The number of ether oxygens (including phenoxy) is 1. The van der Waals surface area contributed by atoms with Crippen LogP contribution in [0.25, 0.3) is 0 Å². The van der Waals surface area contributed by atoms with Gasteiger partial charge in [-0.1, -0.05) is 45.7 Å². The second kappa shape index (κ2) is 7.42. The summed E-state index contributed by atoms with van der Waals surface area (Å²) in [6, 6.07) is 6.90. The first-order valence-corrected chi connectivity index (χ1v) is 7.05. The first kappa shape index (κ1) is 15.0. The first-order chi connectivity index (χ1) is 8.67. The molecule has 2 heteroatoms. The molecule has 0 amide bonds. The molecule has 0 spiro atoms. The predicted molar refractivity (Wildman–Crippen MR) is 78.2 cm³/mol. The Morgan fingerprint density at radius 1 is 1.17 bits per heavy atom. The second-order valence-corrected chi connectivity index (χ2v) is 4.86. The van der Waals surface area contributed by atoms with Gasteiger partial charge >= 0.3 is 0 Å². The van der Waals surface area contributed by atoms with Gasteiger partial charge in [0.2, 0.25) is 0 Å². The van der Waals surface area contributed by atoms with E-state index in [-0.39, 0.29) is 0 Å². The van der Waals surface area contributed by atoms with Crippen LogP contribution in [0.1, 0.15) is 50.8 Å². The third kappa shape index (κ3) is 3.49. The minimum Gasteiger partial charge on any atom is -0.496 e. The number of methoxy groups -OCH3 is 1. The van der Waals surface area contributed by atoms with Gasteiger partial charge in [0.25, 0.3) is 0 Å². The monoisotopic (exact) mass is 249 g/mol. The number of hydrogen-bond donors (Lipinski definition) is 1. The molecule has 0 fully saturated rings. The minimum absolute atomic E-state index is 0.389. The van der Waals surface area contributed by atoms with Crippen molar-refractivity contribution in [3.05, 3.63) is 29.3 Å². The van der Waals surface area contributed by atoms with Crippen LogP contribution in [-0.4, -0.2) is 13.7 Å². The van der Waals surface area contributed by atoms with Crippen molar-refractivity contribution in [1.82, 2.24) is 5.32 Å². The van der Waals surface area contributed by atoms with Crippen LogP contribution in [0.5, 0.6) is 5.75 Å². The van der Waals surface area contributed by atoms with Crippen molar-refractivity contribution in [2.75, 3.05) is 13.7 Å². The van der Waals surface area contributed by atoms with E-state index in [0.717, 1.165) is 12.3 Å². The van der Waals surface area contributed by atoms with Crippen LogP contribution in [-0.2, 0) is 0 Å². The maximum atomic E-state index is 5.55. The van der Waals surface area contributed by atoms with Gasteiger partial charge in [-0.25, -0.2) is 0 Å². The van der Waals surface area contributed by atoms with Gasteiger partial charge in [0.05, 0.1) is 7.11 Å². The second-order valence-electron chi connectivity index (χ2n) is 4.86. The molecule has 1 aromatic rings. The zero-order chi connectivity index (χ0) is 13.5. The van der Waals surface area contributed by atoms with Crippen molar-refractivity contribution < 1.29 is 4.74 Å². The van der Waals surface area contributed by atoms with E-state index in [4.69, 9.17) is 4.74 Å². The van der Waals surface area contributed by atoms with Crippen LogP contribution in [0.15, 0.2) is 18.2 Å². The molecule has 1 unspecified atom stereocenters. The van der Waals surface area contributed by atoms with Crippen LogP contribution < -0.4 is 10.1 Å². The quantitative estimate of drug-likeness (QED) is 0.786. The molecule has 0 saturated carbocycles. The van der Waals surface area contributed by atoms with Gasteiger partial charge in [-0.15, -0.1) is 0 Å². The molecule has 0 bridgehead atoms. The summed E-state index contributed by atoms with van der Waals surface area (Å²) in [7, 11) is 1.76. The first-order valence-electron chi connectivity index (χ1n) is 7.05. The molecule has 18 heavy (non-hydrogen) atoms. The van der Waals surface area contributed by atoms with Gasteiger partial charge in [0.15, 0.2) is 0 Å². The Morgan fingerprint density at radius 2 is 1.83 bits per heavy atom. The summed E-state index contributed by atoms with van der Waals surface area (Å²) in [5, 5.41) is 3.62. The van der Waals surface area contributed by atoms with Crippen molar-refractivity contribution in [3.8, 4) is 5.75 Å². The van der Waals surface area contributed by atoms with E-state index in [1.54, 1.807) is 7.11 Å². The fourth-order valence-corrected chi connectivity index (χ4v) is 2.59. The van der Waals surface area contributed by atoms with Crippen LogP contribution in [0.3, 0.4) is 0 Å². The fraction of sp³-hybridized carbons (Fsp3) is 0.625. The summed E-state index contributed by atoms with van der Waals surface area (Å²) >= 11 is 0. The van der Waals surface area contributed by atoms with Crippen molar-refractivity contribution >= 4 is 0 Å². The van der Waals surface area contributed by atoms with Crippen molar-refractivity contribution in [2.24, 2.45) is 5.92 Å². The highest BCUT2D eigenvalue weighted by molar-refractivity contribution is 5.39. The van der Waals surface area contributed by atoms with Crippen molar-refractivity contribution in [2.45, 2.75) is 46.6 Å². The Balaban J connectivity index is 3.11. The molecule has 1 aromatic carbocycles. The zero-order valence-corrected chi connectivity index (χ0v) is 12.4. The molecular formula is C16H27NO. The molecule has 102 valence electrons. The minimum atomic E-state index is 0.389. The lowest BCUT2D eigenvalue weighted by molar-refractivity contribution is 0.329. The van der Waals surface area contributed by atoms with Gasteiger partial charge in [0.1, 0.15) is 5.75 Å². The Hall–Kier alpha value is -1.02. The Labute approximate surface area is 112 Å². The maximum Gasteiger partial charge on any atom is 0.123 e. The fourth-order valence-electron chi connectivity index (χ4n) is 2.59. The smallest absolute Gasteiger partial charge is 0.123 e. The number of rotatable bonds is 7. The van der Waals surface area contributed by atoms with E-state index in [1.807, 2.05) is 0 Å². The lowest BCUT2D eigenvalue weighted by atomic mass is 9.88. The van der Waals surface area contributed by atoms with Crippen molar-refractivity contribution in [1.29, 1.82) is 0 Å². The largest absolute Gasteiger partial charge is 0.496 e. The molecule has 1 rings (SSSR count). The van der Waals surface area contributed by atoms with Gasteiger partial charge < -0.3 is 10.1 Å². The molecule has 0 saturated heterocycles. The van der Waals surface area contributed by atoms with Gasteiger partial charge in [-0.3, -0.25) is 0 Å². The number of hydrogen-bond acceptors (Lipinski definition) is 2. The van der Waals surface area contributed by atoms with Gasteiger partial charge in [0, 0.05) is 11.6 Å². The molecule has 0 aliphatic carbocycles. The van der Waals surface area contributed by atoms with Gasteiger partial charge in [-0.2, -0.15) is 0 Å². The van der Waals surface area contributed by atoms with E-state index in [2.05, 4.69) is 51.2 Å². The third-order valence-electron chi connectivity index (χ3n) is 3.67. The summed E-state index contributed by atoms with van der Waals surface area (Å²) in [6.45, 7) is 9.78. The van der Waals surface area contributed by atoms with Crippen LogP contribution >= 0.6 is 0 Å². The molecule has 0 aliphatic rings. The number of aryl methyl sites for hydroxylation is 1. The average molecular weight is 249 g/mol. The summed E-state index contributed by atoms with van der Waals surface area (Å²) in [5.74, 6) is 1.66. The highest BCUT2D eigenvalue weighted by Crippen LogP contribution is 2.33. The SMILES string of the molecule is CCNC(c1ccc(C)cc1OC)C(CC)CC. The van der Waals surface area contributed by atoms with E-state index in [1.165, 1.54) is 24.0 Å². The number of benzene rings is 1. The van der Waals surface area contributed by atoms with Gasteiger partial charge in [-0.05, 0) is 31.0 Å². The molecular weight excluding hydrogens is 222 g/mol. The van der Waals surface area contributed by atoms with Crippen LogP contribution in [0, 0.1) is 12.8 Å². The zero-order valence-electron chi connectivity index (χ0n) is 12.4. The molecule has 1 atom stereocenters. The average Bonchev–Trinajstić information content (AvgIpc) is 2.39. The third-order valence-corrected chi connectivity index (χ3v) is 3.67. The van der Waals surface area contributed by atoms with E-state index < -0.39 is 0 Å². The Morgan fingerprint density at radius 3 is 2.33 bits per heavy atom. The summed E-state index contributed by atoms with van der Waals surface area (Å²) in [4.78, 5) is 0. The number of nitrogens with one attached hydrogen (secondary N) is 1. The normalized spacial score (nSPS) is 12.8. The standard InChI is InChI=1S/C16H27NO/c1-6-13(7-2)16(17-8-3)14-10-9-12(4)11-15(14)18-5/h9-11,13,16-17H,6-8H2,1-5H3. The summed E-state index contributed by atoms with van der Waals surface area (Å²) in [5.41, 5.74) is 2.54. The lowest BCUT2D eigenvalue weighted by Crippen LogP contribution is -2.28. The predicted octanol–water partition coefficient (Wildman–Crippen LogP) is 4.09. The summed E-state index contributed by atoms with van der Waals surface area (Å²) in [6.07, 6.45) is 2.37. The summed E-state index contributed by atoms with van der Waals surface area (Å²) < 4.78 is 5.55. The Bertz CT molecular complexity index is 358. The Kier molecular flexibility index (Phi) is 6.20. The van der Waals surface area contributed by atoms with E-state index >= 15 is 0 Å². The topological polar surface area (TPSA) is 21.3 Å². The molecule has 0 heterocycles. The molecule has 1 N–H and O–H groups in total. The lowest BCUT2D eigenvalue weighted by Gasteiger charge is -2.28. The van der Waals surface area contributed by atoms with Crippen LogP contribution in [0.4, 0.5) is 0 Å². The maximum absolute atomic E-state index is 5.55. The van der Waals surface area contributed by atoms with Crippen LogP contribution in [0.2, 0.25) is 0 Å². The highest BCUT2D eigenvalue weighted by Gasteiger charge is 2.22. The molecule has 0 aromatic heterocycles. The van der Waals surface area contributed by atoms with E-state index in [0.29, 0.717) is 12.0 Å². The van der Waals surface area contributed by atoms with E-state index in [9.17, 15) is 0 Å². The van der Waals surface area contributed by atoms with Crippen molar-refractivity contribution in [3.63, 3.8) is 0 Å². The molecule has 0 radical (unpaired) electrons. The molecule has 2 nitrogen and oxygen atoms in total. The highest BCUT2D eigenvalue weighted by atomic mass is 16.5.